The number of nitrogen functional groups attached to an aromatic ring is 1. The Kier molecular flexibility index (Phi) is 2.33. The Balaban J connectivity index is 2.77. The Labute approximate surface area is 93.8 Å². The second-order valence-electron chi connectivity index (χ2n) is 2.67. The van der Waals surface area contributed by atoms with Crippen LogP contribution >= 0.6 is 33.9 Å². The van der Waals surface area contributed by atoms with Crippen molar-refractivity contribution in [3.8, 4) is 5.75 Å². The minimum Gasteiger partial charge on any atom is -0.495 e. The molecular formula is C9H8INOS. The standard InChI is InChI=1S/C9H8INOS/c1-12-8-2-5-6(10)4-13-9(5)3-7(8)11/h2-4H,11H2,1H3. The van der Waals surface area contributed by atoms with Crippen LogP contribution in [0.1, 0.15) is 0 Å². The minimum absolute atomic E-state index is 0.702. The minimum atomic E-state index is 0.702. The molecule has 0 saturated carbocycles. The number of rotatable bonds is 1. The van der Waals surface area contributed by atoms with Crippen LogP contribution in [0.3, 0.4) is 0 Å². The lowest BCUT2D eigenvalue weighted by Crippen LogP contribution is -1.91. The van der Waals surface area contributed by atoms with Gasteiger partial charge in [-0.25, -0.2) is 0 Å². The van der Waals surface area contributed by atoms with Gasteiger partial charge in [-0.05, 0) is 34.7 Å². The molecule has 0 aliphatic carbocycles. The number of anilines is 1. The monoisotopic (exact) mass is 305 g/mol. The van der Waals surface area contributed by atoms with Crippen LogP contribution in [0.5, 0.6) is 5.75 Å². The summed E-state index contributed by atoms with van der Waals surface area (Å²) in [7, 11) is 1.64. The highest BCUT2D eigenvalue weighted by Gasteiger charge is 2.06. The van der Waals surface area contributed by atoms with Crippen molar-refractivity contribution in [1.82, 2.24) is 0 Å². The molecule has 1 aromatic carbocycles. The first kappa shape index (κ1) is 9.08. The molecule has 2 rings (SSSR count). The topological polar surface area (TPSA) is 35.2 Å². The molecule has 4 heteroatoms. The molecule has 0 bridgehead atoms. The van der Waals surface area contributed by atoms with Crippen LogP contribution in [0.25, 0.3) is 10.1 Å². The maximum Gasteiger partial charge on any atom is 0.142 e. The molecule has 13 heavy (non-hydrogen) atoms. The molecule has 0 aliphatic heterocycles. The first-order valence-electron chi connectivity index (χ1n) is 3.72. The Morgan fingerprint density at radius 2 is 2.23 bits per heavy atom. The van der Waals surface area contributed by atoms with Gasteiger partial charge in [0.15, 0.2) is 0 Å². The van der Waals surface area contributed by atoms with Crippen molar-refractivity contribution in [3.63, 3.8) is 0 Å². The van der Waals surface area contributed by atoms with Gasteiger partial charge in [0.1, 0.15) is 5.75 Å². The third-order valence-corrected chi connectivity index (χ3v) is 4.14. The normalized spacial score (nSPS) is 10.6. The predicted molar refractivity (Wildman–Crippen MR) is 65.5 cm³/mol. The Morgan fingerprint density at radius 1 is 1.46 bits per heavy atom. The van der Waals surface area contributed by atoms with E-state index in [1.165, 1.54) is 13.7 Å². The number of fused-ring (bicyclic) bond motifs is 1. The first-order valence-corrected chi connectivity index (χ1v) is 5.68. The summed E-state index contributed by atoms with van der Waals surface area (Å²) in [5.41, 5.74) is 6.49. The number of halogens is 1. The molecule has 0 fully saturated rings. The fraction of sp³-hybridized carbons (Fsp3) is 0.111. The lowest BCUT2D eigenvalue weighted by atomic mass is 10.2. The molecule has 0 aliphatic rings. The maximum absolute atomic E-state index is 5.79. The van der Waals surface area contributed by atoms with E-state index >= 15 is 0 Å². The van der Waals surface area contributed by atoms with E-state index in [4.69, 9.17) is 10.5 Å². The quantitative estimate of drug-likeness (QED) is 0.649. The van der Waals surface area contributed by atoms with Gasteiger partial charge in [0.25, 0.3) is 0 Å². The maximum atomic E-state index is 5.79. The Hall–Kier alpha value is -0.490. The van der Waals surface area contributed by atoms with Crippen LogP contribution in [0.2, 0.25) is 0 Å². The molecule has 0 spiro atoms. The van der Waals surface area contributed by atoms with Crippen molar-refractivity contribution in [2.45, 2.75) is 0 Å². The van der Waals surface area contributed by atoms with Gasteiger partial charge in [0.2, 0.25) is 0 Å². The molecule has 1 aromatic heterocycles. The van der Waals surface area contributed by atoms with Gasteiger partial charge in [-0.1, -0.05) is 0 Å². The summed E-state index contributed by atoms with van der Waals surface area (Å²) < 4.78 is 7.61. The second-order valence-corrected chi connectivity index (χ2v) is 4.75. The van der Waals surface area contributed by atoms with Crippen molar-refractivity contribution >= 4 is 49.7 Å². The molecule has 1 heterocycles. The largest absolute Gasteiger partial charge is 0.495 e. The third kappa shape index (κ3) is 1.48. The zero-order valence-electron chi connectivity index (χ0n) is 7.00. The van der Waals surface area contributed by atoms with E-state index in [0.717, 1.165) is 5.75 Å². The molecule has 0 saturated heterocycles. The highest BCUT2D eigenvalue weighted by atomic mass is 127. The van der Waals surface area contributed by atoms with Crippen LogP contribution < -0.4 is 10.5 Å². The van der Waals surface area contributed by atoms with Crippen LogP contribution in [-0.2, 0) is 0 Å². The van der Waals surface area contributed by atoms with E-state index < -0.39 is 0 Å². The van der Waals surface area contributed by atoms with E-state index in [0.29, 0.717) is 5.69 Å². The molecule has 2 aromatic rings. The van der Waals surface area contributed by atoms with Gasteiger partial charge < -0.3 is 10.5 Å². The molecule has 0 radical (unpaired) electrons. The summed E-state index contributed by atoms with van der Waals surface area (Å²) in [6.45, 7) is 0. The highest BCUT2D eigenvalue weighted by molar-refractivity contribution is 14.1. The van der Waals surface area contributed by atoms with Crippen molar-refractivity contribution in [2.75, 3.05) is 12.8 Å². The second kappa shape index (κ2) is 3.34. The highest BCUT2D eigenvalue weighted by Crippen LogP contribution is 2.34. The number of ether oxygens (including phenoxy) is 1. The van der Waals surface area contributed by atoms with Crippen LogP contribution in [0.4, 0.5) is 5.69 Å². The van der Waals surface area contributed by atoms with Gasteiger partial charge in [0, 0.05) is 19.0 Å². The molecule has 0 amide bonds. The number of hydrogen-bond donors (Lipinski definition) is 1. The number of thiophene rings is 1. The summed E-state index contributed by atoms with van der Waals surface area (Å²) in [4.78, 5) is 0. The first-order chi connectivity index (χ1) is 6.22. The summed E-state index contributed by atoms with van der Waals surface area (Å²) in [6, 6.07) is 3.95. The zero-order chi connectivity index (χ0) is 9.42. The number of methoxy groups -OCH3 is 1. The van der Waals surface area contributed by atoms with E-state index in [2.05, 4.69) is 28.0 Å². The van der Waals surface area contributed by atoms with Crippen molar-refractivity contribution in [3.05, 3.63) is 21.1 Å². The average Bonchev–Trinajstić information content (AvgIpc) is 2.46. The lowest BCUT2D eigenvalue weighted by molar-refractivity contribution is 0.417. The smallest absolute Gasteiger partial charge is 0.142 e. The summed E-state index contributed by atoms with van der Waals surface area (Å²) in [5.74, 6) is 0.754. The van der Waals surface area contributed by atoms with Crippen molar-refractivity contribution in [2.24, 2.45) is 0 Å². The molecular weight excluding hydrogens is 297 g/mol. The van der Waals surface area contributed by atoms with Gasteiger partial charge in [-0.2, -0.15) is 0 Å². The van der Waals surface area contributed by atoms with Crippen LogP contribution in [0.15, 0.2) is 17.5 Å². The zero-order valence-corrected chi connectivity index (χ0v) is 9.98. The number of hydrogen-bond acceptors (Lipinski definition) is 3. The Bertz CT molecular complexity index is 452. The van der Waals surface area contributed by atoms with Gasteiger partial charge >= 0.3 is 0 Å². The third-order valence-electron chi connectivity index (χ3n) is 1.88. The van der Waals surface area contributed by atoms with E-state index in [-0.39, 0.29) is 0 Å². The predicted octanol–water partition coefficient (Wildman–Crippen LogP) is 3.10. The van der Waals surface area contributed by atoms with Crippen molar-refractivity contribution in [1.29, 1.82) is 0 Å². The number of nitrogens with two attached hydrogens (primary N) is 1. The van der Waals surface area contributed by atoms with Gasteiger partial charge in [0.05, 0.1) is 12.8 Å². The van der Waals surface area contributed by atoms with Gasteiger partial charge in [-0.3, -0.25) is 0 Å². The molecule has 0 unspecified atom stereocenters. The summed E-state index contributed by atoms with van der Waals surface area (Å²) >= 11 is 4.02. The van der Waals surface area contributed by atoms with Crippen LogP contribution in [-0.4, -0.2) is 7.11 Å². The number of benzene rings is 1. The van der Waals surface area contributed by atoms with Crippen LogP contribution in [0, 0.1) is 3.57 Å². The molecule has 0 atom stereocenters. The fourth-order valence-electron chi connectivity index (χ4n) is 1.22. The SMILES string of the molecule is COc1cc2c(I)csc2cc1N. The molecule has 2 N–H and O–H groups in total. The van der Waals surface area contributed by atoms with Crippen molar-refractivity contribution < 1.29 is 4.74 Å². The summed E-state index contributed by atoms with van der Waals surface area (Å²) in [6.07, 6.45) is 0. The molecule has 68 valence electrons. The fourth-order valence-corrected chi connectivity index (χ4v) is 3.07. The summed E-state index contributed by atoms with van der Waals surface area (Å²) in [5, 5.41) is 3.33. The molecule has 2 nitrogen and oxygen atoms in total. The van der Waals surface area contributed by atoms with E-state index in [9.17, 15) is 0 Å². The van der Waals surface area contributed by atoms with Gasteiger partial charge in [-0.15, -0.1) is 11.3 Å². The van der Waals surface area contributed by atoms with E-state index in [1.54, 1.807) is 18.4 Å². The Morgan fingerprint density at radius 3 is 2.92 bits per heavy atom. The lowest BCUT2D eigenvalue weighted by Gasteiger charge is -2.03. The van der Waals surface area contributed by atoms with E-state index in [1.807, 2.05) is 12.1 Å². The average molecular weight is 305 g/mol.